The fourth-order valence-electron chi connectivity index (χ4n) is 2.35. The number of esters is 1. The lowest BCUT2D eigenvalue weighted by atomic mass is 9.85. The molecule has 0 saturated carbocycles. The fourth-order valence-corrected chi connectivity index (χ4v) is 3.73. The van der Waals surface area contributed by atoms with E-state index < -0.39 is 0 Å². The Bertz CT molecular complexity index is 236. The molecule has 1 spiro atoms. The third kappa shape index (κ3) is 2.48. The number of thioether (sulfide) groups is 1. The van der Waals surface area contributed by atoms with Crippen molar-refractivity contribution in [3.63, 3.8) is 0 Å². The van der Waals surface area contributed by atoms with Crippen molar-refractivity contribution in [3.8, 4) is 0 Å². The largest absolute Gasteiger partial charge is 0.466 e. The first kappa shape index (κ1) is 11.3. The Morgan fingerprint density at radius 1 is 1.67 bits per heavy atom. The van der Waals surface area contributed by atoms with Crippen molar-refractivity contribution in [2.45, 2.75) is 31.8 Å². The zero-order chi connectivity index (χ0) is 10.7. The van der Waals surface area contributed by atoms with Gasteiger partial charge in [-0.3, -0.25) is 4.79 Å². The molecule has 0 bridgehead atoms. The molecule has 0 aromatic carbocycles. The van der Waals surface area contributed by atoms with Crippen molar-refractivity contribution >= 4 is 17.7 Å². The van der Waals surface area contributed by atoms with Gasteiger partial charge in [-0.2, -0.15) is 11.8 Å². The Kier molecular flexibility index (Phi) is 3.57. The average molecular weight is 230 g/mol. The van der Waals surface area contributed by atoms with E-state index >= 15 is 0 Å². The van der Waals surface area contributed by atoms with Crippen LogP contribution in [-0.2, 0) is 14.3 Å². The predicted octanol–water partition coefficient (Wildman–Crippen LogP) is 1.85. The first-order valence-corrected chi connectivity index (χ1v) is 6.79. The molecule has 0 N–H and O–H groups in total. The third-order valence-corrected chi connectivity index (χ3v) is 4.40. The Labute approximate surface area is 94.9 Å². The summed E-state index contributed by atoms with van der Waals surface area (Å²) in [6, 6.07) is 0. The number of carbonyl (C=O) groups is 1. The van der Waals surface area contributed by atoms with Crippen LogP contribution in [0, 0.1) is 5.92 Å². The van der Waals surface area contributed by atoms with Gasteiger partial charge in [0.1, 0.15) is 0 Å². The molecule has 0 aliphatic carbocycles. The fraction of sp³-hybridized carbons (Fsp3) is 0.909. The summed E-state index contributed by atoms with van der Waals surface area (Å²) in [5.74, 6) is 2.24. The molecule has 2 aliphatic heterocycles. The monoisotopic (exact) mass is 230 g/mol. The summed E-state index contributed by atoms with van der Waals surface area (Å²) in [4.78, 5) is 11.7. The van der Waals surface area contributed by atoms with E-state index in [0.717, 1.165) is 30.8 Å². The summed E-state index contributed by atoms with van der Waals surface area (Å²) < 4.78 is 10.9. The van der Waals surface area contributed by atoms with Crippen molar-refractivity contribution < 1.29 is 14.3 Å². The minimum atomic E-state index is -0.0305. The van der Waals surface area contributed by atoms with Crippen LogP contribution in [0.25, 0.3) is 0 Å². The van der Waals surface area contributed by atoms with Gasteiger partial charge in [0.25, 0.3) is 0 Å². The second-order valence-corrected chi connectivity index (χ2v) is 5.38. The number of carbonyl (C=O) groups excluding carboxylic acids is 1. The lowest BCUT2D eigenvalue weighted by Crippen LogP contribution is -2.42. The number of hydrogen-bond donors (Lipinski definition) is 0. The number of hydrogen-bond acceptors (Lipinski definition) is 4. The maximum atomic E-state index is 11.7. The second kappa shape index (κ2) is 4.74. The van der Waals surface area contributed by atoms with Crippen molar-refractivity contribution in [2.75, 3.05) is 24.7 Å². The molecule has 0 amide bonds. The van der Waals surface area contributed by atoms with E-state index in [1.165, 1.54) is 0 Å². The first-order chi connectivity index (χ1) is 7.26. The van der Waals surface area contributed by atoms with Gasteiger partial charge in [-0.1, -0.05) is 0 Å². The van der Waals surface area contributed by atoms with Gasteiger partial charge in [-0.15, -0.1) is 0 Å². The molecule has 3 nitrogen and oxygen atoms in total. The van der Waals surface area contributed by atoms with Crippen LogP contribution < -0.4 is 0 Å². The molecule has 2 heterocycles. The van der Waals surface area contributed by atoms with Crippen LogP contribution >= 0.6 is 11.8 Å². The SMILES string of the molecule is CCOC(=O)C1CCOC2(CCSC2)C1. The summed E-state index contributed by atoms with van der Waals surface area (Å²) in [7, 11) is 0. The quantitative estimate of drug-likeness (QED) is 0.678. The van der Waals surface area contributed by atoms with Crippen LogP contribution in [0.2, 0.25) is 0 Å². The zero-order valence-corrected chi connectivity index (χ0v) is 9.98. The standard InChI is InChI=1S/C11H18O3S/c1-2-13-10(12)9-3-5-14-11(7-9)4-6-15-8-11/h9H,2-8H2,1H3. The first-order valence-electron chi connectivity index (χ1n) is 5.64. The molecule has 2 unspecified atom stereocenters. The summed E-state index contributed by atoms with van der Waals surface area (Å²) in [5, 5.41) is 0. The molecule has 2 rings (SSSR count). The van der Waals surface area contributed by atoms with Crippen LogP contribution in [0.3, 0.4) is 0 Å². The second-order valence-electron chi connectivity index (χ2n) is 4.28. The van der Waals surface area contributed by atoms with Gasteiger partial charge in [0, 0.05) is 12.4 Å². The van der Waals surface area contributed by atoms with Gasteiger partial charge in [0.2, 0.25) is 0 Å². The van der Waals surface area contributed by atoms with Gasteiger partial charge in [0.15, 0.2) is 0 Å². The van der Waals surface area contributed by atoms with Crippen LogP contribution in [0.1, 0.15) is 26.2 Å². The molecule has 4 heteroatoms. The molecule has 15 heavy (non-hydrogen) atoms. The van der Waals surface area contributed by atoms with Crippen molar-refractivity contribution in [3.05, 3.63) is 0 Å². The van der Waals surface area contributed by atoms with Crippen molar-refractivity contribution in [1.29, 1.82) is 0 Å². The van der Waals surface area contributed by atoms with E-state index in [0.29, 0.717) is 13.2 Å². The highest BCUT2D eigenvalue weighted by Crippen LogP contribution is 2.40. The zero-order valence-electron chi connectivity index (χ0n) is 9.16. The van der Waals surface area contributed by atoms with Crippen LogP contribution in [0.15, 0.2) is 0 Å². The molecule has 2 atom stereocenters. The summed E-state index contributed by atoms with van der Waals surface area (Å²) in [5.41, 5.74) is -0.0135. The van der Waals surface area contributed by atoms with Gasteiger partial charge in [-0.25, -0.2) is 0 Å². The lowest BCUT2D eigenvalue weighted by Gasteiger charge is -2.36. The van der Waals surface area contributed by atoms with Crippen molar-refractivity contribution in [1.82, 2.24) is 0 Å². The average Bonchev–Trinajstić information content (AvgIpc) is 2.67. The molecule has 2 fully saturated rings. The molecule has 86 valence electrons. The summed E-state index contributed by atoms with van der Waals surface area (Å²) in [6.07, 6.45) is 2.78. The highest BCUT2D eigenvalue weighted by Gasteiger charge is 2.42. The van der Waals surface area contributed by atoms with Crippen LogP contribution in [0.4, 0.5) is 0 Å². The lowest BCUT2D eigenvalue weighted by molar-refractivity contribution is -0.158. The maximum absolute atomic E-state index is 11.7. The topological polar surface area (TPSA) is 35.5 Å². The third-order valence-electron chi connectivity index (χ3n) is 3.18. The van der Waals surface area contributed by atoms with E-state index in [2.05, 4.69) is 0 Å². The number of rotatable bonds is 2. The molecular formula is C11H18O3S. The van der Waals surface area contributed by atoms with Crippen LogP contribution in [-0.4, -0.2) is 36.3 Å². The highest BCUT2D eigenvalue weighted by molar-refractivity contribution is 7.99. The smallest absolute Gasteiger partial charge is 0.309 e. The maximum Gasteiger partial charge on any atom is 0.309 e. The normalized spacial score (nSPS) is 35.7. The molecule has 2 aliphatic rings. The minimum Gasteiger partial charge on any atom is -0.466 e. The Hall–Kier alpha value is -0.220. The molecule has 0 aromatic rings. The van der Waals surface area contributed by atoms with Crippen molar-refractivity contribution in [2.24, 2.45) is 5.92 Å². The Balaban J connectivity index is 1.94. The highest BCUT2D eigenvalue weighted by atomic mass is 32.2. The van der Waals surface area contributed by atoms with E-state index in [-0.39, 0.29) is 17.5 Å². The Morgan fingerprint density at radius 3 is 3.20 bits per heavy atom. The van der Waals surface area contributed by atoms with Gasteiger partial charge in [-0.05, 0) is 31.9 Å². The van der Waals surface area contributed by atoms with Gasteiger partial charge < -0.3 is 9.47 Å². The molecule has 0 radical (unpaired) electrons. The molecule has 2 saturated heterocycles. The molecular weight excluding hydrogens is 212 g/mol. The summed E-state index contributed by atoms with van der Waals surface area (Å²) in [6.45, 7) is 3.06. The van der Waals surface area contributed by atoms with E-state index in [4.69, 9.17) is 9.47 Å². The minimum absolute atomic E-state index is 0.0135. The van der Waals surface area contributed by atoms with Gasteiger partial charge >= 0.3 is 5.97 Å². The van der Waals surface area contributed by atoms with E-state index in [1.807, 2.05) is 18.7 Å². The van der Waals surface area contributed by atoms with Gasteiger partial charge in [0.05, 0.1) is 18.1 Å². The number of ether oxygens (including phenoxy) is 2. The van der Waals surface area contributed by atoms with E-state index in [9.17, 15) is 4.79 Å². The Morgan fingerprint density at radius 2 is 2.53 bits per heavy atom. The summed E-state index contributed by atoms with van der Waals surface area (Å²) >= 11 is 1.93. The predicted molar refractivity (Wildman–Crippen MR) is 60.0 cm³/mol. The molecule has 0 aromatic heterocycles. The van der Waals surface area contributed by atoms with E-state index in [1.54, 1.807) is 0 Å². The van der Waals surface area contributed by atoms with Crippen LogP contribution in [0.5, 0.6) is 0 Å².